The maximum absolute atomic E-state index is 12.6. The van der Waals surface area contributed by atoms with Crippen molar-refractivity contribution in [2.75, 3.05) is 36.4 Å². The second-order valence-corrected chi connectivity index (χ2v) is 7.49. The quantitative estimate of drug-likeness (QED) is 0.606. The van der Waals surface area contributed by atoms with Crippen LogP contribution in [0.5, 0.6) is 0 Å². The maximum atomic E-state index is 12.6. The van der Waals surface area contributed by atoms with Crippen LogP contribution in [0.2, 0.25) is 0 Å². The summed E-state index contributed by atoms with van der Waals surface area (Å²) >= 11 is 0. The van der Waals surface area contributed by atoms with E-state index in [2.05, 4.69) is 20.9 Å². The van der Waals surface area contributed by atoms with Gasteiger partial charge in [-0.3, -0.25) is 9.59 Å². The van der Waals surface area contributed by atoms with Gasteiger partial charge in [-0.05, 0) is 56.5 Å². The van der Waals surface area contributed by atoms with Gasteiger partial charge in [-0.2, -0.15) is 0 Å². The van der Waals surface area contributed by atoms with Crippen molar-refractivity contribution in [3.8, 4) is 0 Å². The molecule has 0 aromatic heterocycles. The predicted molar refractivity (Wildman–Crippen MR) is 104 cm³/mol. The Morgan fingerprint density at radius 1 is 1.15 bits per heavy atom. The Morgan fingerprint density at radius 3 is 2.63 bits per heavy atom. The molecule has 7 nitrogen and oxygen atoms in total. The Hall–Kier alpha value is -2.54. The zero-order valence-corrected chi connectivity index (χ0v) is 15.3. The second kappa shape index (κ2) is 7.60. The standard InChI is InChI=1S/C20H26N4O3/c25-18-15-12-21-9-8-16(15)23-20(27)17(18)19(26)22-13-4-6-14(7-5-13)24-10-2-1-3-11-24/h4-7,15-16,21,25H,1-3,8-12H2,(H,22,26)(H,23,27)/t15-,16+/m1/s1. The number of fused-ring (bicyclic) bond motifs is 1. The van der Waals surface area contributed by atoms with Gasteiger partial charge in [-0.25, -0.2) is 0 Å². The maximum Gasteiger partial charge on any atom is 0.264 e. The summed E-state index contributed by atoms with van der Waals surface area (Å²) in [5.41, 5.74) is 1.57. The highest BCUT2D eigenvalue weighted by Crippen LogP contribution is 2.27. The molecule has 0 spiro atoms. The molecule has 144 valence electrons. The molecular weight excluding hydrogens is 344 g/mol. The van der Waals surface area contributed by atoms with Crippen molar-refractivity contribution in [1.82, 2.24) is 10.6 Å². The number of nitrogens with one attached hydrogen (secondary N) is 3. The lowest BCUT2D eigenvalue weighted by molar-refractivity contribution is -0.123. The van der Waals surface area contributed by atoms with Crippen molar-refractivity contribution in [1.29, 1.82) is 0 Å². The summed E-state index contributed by atoms with van der Waals surface area (Å²) in [7, 11) is 0. The van der Waals surface area contributed by atoms with Crippen molar-refractivity contribution in [3.05, 3.63) is 35.6 Å². The average molecular weight is 370 g/mol. The lowest BCUT2D eigenvalue weighted by atomic mass is 9.85. The Balaban J connectivity index is 1.47. The van der Waals surface area contributed by atoms with Crippen LogP contribution in [0.1, 0.15) is 25.7 Å². The Morgan fingerprint density at radius 2 is 1.89 bits per heavy atom. The summed E-state index contributed by atoms with van der Waals surface area (Å²) in [6.45, 7) is 3.46. The minimum absolute atomic E-state index is 0.112. The minimum Gasteiger partial charge on any atom is -0.511 e. The summed E-state index contributed by atoms with van der Waals surface area (Å²) in [5, 5.41) is 19.3. The van der Waals surface area contributed by atoms with Gasteiger partial charge in [-0.1, -0.05) is 0 Å². The number of piperidine rings is 2. The highest BCUT2D eigenvalue weighted by atomic mass is 16.3. The van der Waals surface area contributed by atoms with Crippen LogP contribution in [0.4, 0.5) is 11.4 Å². The first-order chi connectivity index (χ1) is 13.1. The molecule has 1 aromatic carbocycles. The van der Waals surface area contributed by atoms with E-state index in [4.69, 9.17) is 0 Å². The number of aliphatic hydroxyl groups is 1. The molecule has 0 bridgehead atoms. The summed E-state index contributed by atoms with van der Waals surface area (Å²) in [5.74, 6) is -1.44. The van der Waals surface area contributed by atoms with Crippen LogP contribution in [0.3, 0.4) is 0 Å². The van der Waals surface area contributed by atoms with E-state index >= 15 is 0 Å². The SMILES string of the molecule is O=C(Nc1ccc(N2CCCCC2)cc1)C1=C(O)[C@@H]2CNCC[C@@H]2NC1=O. The molecule has 2 amide bonds. The van der Waals surface area contributed by atoms with Crippen LogP contribution >= 0.6 is 0 Å². The van der Waals surface area contributed by atoms with Crippen molar-refractivity contribution in [2.45, 2.75) is 31.7 Å². The van der Waals surface area contributed by atoms with E-state index in [9.17, 15) is 14.7 Å². The predicted octanol–water partition coefficient (Wildman–Crippen LogP) is 1.54. The van der Waals surface area contributed by atoms with Gasteiger partial charge in [0.05, 0.1) is 5.92 Å². The second-order valence-electron chi connectivity index (χ2n) is 7.49. The summed E-state index contributed by atoms with van der Waals surface area (Å²) in [6, 6.07) is 7.53. The third-order valence-electron chi connectivity index (χ3n) is 5.71. The van der Waals surface area contributed by atoms with E-state index in [1.165, 1.54) is 19.3 Å². The number of carbonyl (C=O) groups excluding carboxylic acids is 2. The van der Waals surface area contributed by atoms with Gasteiger partial charge in [0.15, 0.2) is 0 Å². The van der Waals surface area contributed by atoms with Crippen molar-refractivity contribution < 1.29 is 14.7 Å². The van der Waals surface area contributed by atoms with E-state index in [1.54, 1.807) is 0 Å². The zero-order valence-electron chi connectivity index (χ0n) is 15.3. The van der Waals surface area contributed by atoms with Crippen LogP contribution in [-0.4, -0.2) is 49.1 Å². The summed E-state index contributed by atoms with van der Waals surface area (Å²) in [6.07, 6.45) is 4.44. The Labute approximate surface area is 158 Å². The molecule has 1 aromatic rings. The number of rotatable bonds is 3. The summed E-state index contributed by atoms with van der Waals surface area (Å²) in [4.78, 5) is 27.3. The van der Waals surface area contributed by atoms with Gasteiger partial charge in [0.25, 0.3) is 11.8 Å². The molecular formula is C20H26N4O3. The van der Waals surface area contributed by atoms with Gasteiger partial charge in [0, 0.05) is 37.1 Å². The van der Waals surface area contributed by atoms with Crippen LogP contribution in [0, 0.1) is 5.92 Å². The van der Waals surface area contributed by atoms with Gasteiger partial charge in [-0.15, -0.1) is 0 Å². The number of aliphatic hydroxyl groups excluding tert-OH is 1. The first-order valence-electron chi connectivity index (χ1n) is 9.74. The van der Waals surface area contributed by atoms with Crippen LogP contribution < -0.4 is 20.9 Å². The third-order valence-corrected chi connectivity index (χ3v) is 5.71. The Bertz CT molecular complexity index is 753. The molecule has 2 saturated heterocycles. The van der Waals surface area contributed by atoms with Crippen molar-refractivity contribution >= 4 is 23.2 Å². The number of anilines is 2. The number of amides is 2. The van der Waals surface area contributed by atoms with Gasteiger partial charge in [0.2, 0.25) is 0 Å². The average Bonchev–Trinajstić information content (AvgIpc) is 2.69. The summed E-state index contributed by atoms with van der Waals surface area (Å²) < 4.78 is 0. The van der Waals surface area contributed by atoms with Gasteiger partial charge in [0.1, 0.15) is 11.3 Å². The fourth-order valence-corrected chi connectivity index (χ4v) is 4.18. The molecule has 2 fully saturated rings. The number of benzene rings is 1. The number of hydrogen-bond donors (Lipinski definition) is 4. The lowest BCUT2D eigenvalue weighted by Crippen LogP contribution is -2.55. The third kappa shape index (κ3) is 3.64. The van der Waals surface area contributed by atoms with E-state index in [0.29, 0.717) is 12.2 Å². The van der Waals surface area contributed by atoms with E-state index in [0.717, 1.165) is 31.7 Å². The molecule has 3 heterocycles. The highest BCUT2D eigenvalue weighted by Gasteiger charge is 2.39. The first-order valence-corrected chi connectivity index (χ1v) is 9.74. The fourth-order valence-electron chi connectivity index (χ4n) is 4.18. The molecule has 0 aliphatic carbocycles. The molecule has 0 unspecified atom stereocenters. The topological polar surface area (TPSA) is 93.7 Å². The zero-order chi connectivity index (χ0) is 18.8. The molecule has 4 N–H and O–H groups in total. The highest BCUT2D eigenvalue weighted by molar-refractivity contribution is 6.23. The smallest absolute Gasteiger partial charge is 0.264 e. The van der Waals surface area contributed by atoms with E-state index < -0.39 is 11.8 Å². The molecule has 3 aliphatic rings. The molecule has 2 atom stereocenters. The normalized spacial score (nSPS) is 25.6. The lowest BCUT2D eigenvalue weighted by Gasteiger charge is -2.36. The van der Waals surface area contributed by atoms with Crippen molar-refractivity contribution in [2.24, 2.45) is 5.92 Å². The van der Waals surface area contributed by atoms with Crippen molar-refractivity contribution in [3.63, 3.8) is 0 Å². The molecule has 3 aliphatic heterocycles. The van der Waals surface area contributed by atoms with Gasteiger partial charge < -0.3 is 26.0 Å². The number of hydrogen-bond acceptors (Lipinski definition) is 5. The molecule has 4 rings (SSSR count). The minimum atomic E-state index is -0.570. The largest absolute Gasteiger partial charge is 0.511 e. The molecule has 0 saturated carbocycles. The molecule has 27 heavy (non-hydrogen) atoms. The first kappa shape index (κ1) is 17.9. The van der Waals surface area contributed by atoms with Crippen LogP contribution in [-0.2, 0) is 9.59 Å². The number of carbonyl (C=O) groups is 2. The van der Waals surface area contributed by atoms with Crippen LogP contribution in [0.15, 0.2) is 35.6 Å². The fraction of sp³-hybridized carbons (Fsp3) is 0.500. The molecule has 0 radical (unpaired) electrons. The Kier molecular flexibility index (Phi) is 5.03. The van der Waals surface area contributed by atoms with Gasteiger partial charge >= 0.3 is 0 Å². The number of nitrogens with zero attached hydrogens (tertiary/aromatic N) is 1. The van der Waals surface area contributed by atoms with E-state index in [-0.39, 0.29) is 23.3 Å². The monoisotopic (exact) mass is 370 g/mol. The molecule has 7 heteroatoms. The van der Waals surface area contributed by atoms with E-state index in [1.807, 2.05) is 24.3 Å². The van der Waals surface area contributed by atoms with Crippen LogP contribution in [0.25, 0.3) is 0 Å².